The molecule has 0 fully saturated rings. The van der Waals surface area contributed by atoms with Gasteiger partial charge in [0, 0.05) is 31.1 Å². The number of Topliss-reactive ketones (excluding diaryl/α,β-unsaturated/α-hetero) is 1. The molecule has 0 aromatic carbocycles. The fourth-order valence-electron chi connectivity index (χ4n) is 2.40. The van der Waals surface area contributed by atoms with Crippen LogP contribution in [0, 0.1) is 12.3 Å². The molecule has 0 aromatic rings. The quantitative estimate of drug-likeness (QED) is 0.323. The number of rotatable bonds is 3. The molecule has 0 heterocycles. The normalized spacial score (nSPS) is 26.0. The Labute approximate surface area is 101 Å². The predicted molar refractivity (Wildman–Crippen MR) is 64.2 cm³/mol. The van der Waals surface area contributed by atoms with Crippen molar-refractivity contribution in [2.24, 2.45) is 0 Å². The number of terminal acetylenes is 1. The van der Waals surface area contributed by atoms with Gasteiger partial charge in [0.1, 0.15) is 6.61 Å². The van der Waals surface area contributed by atoms with Crippen LogP contribution in [0.3, 0.4) is 0 Å². The second kappa shape index (κ2) is 5.20. The van der Waals surface area contributed by atoms with Gasteiger partial charge in [-0.2, -0.15) is 0 Å². The highest BCUT2D eigenvalue weighted by atomic mass is 16.5. The van der Waals surface area contributed by atoms with Gasteiger partial charge >= 0.3 is 0 Å². The zero-order valence-electron chi connectivity index (χ0n) is 9.99. The van der Waals surface area contributed by atoms with E-state index in [1.54, 1.807) is 7.11 Å². The Kier molecular flexibility index (Phi) is 3.65. The fourth-order valence-corrected chi connectivity index (χ4v) is 2.40. The van der Waals surface area contributed by atoms with Crippen molar-refractivity contribution in [1.82, 2.24) is 0 Å². The predicted octanol–water partition coefficient (Wildman–Crippen LogP) is 1.99. The number of hydrogen-bond acceptors (Lipinski definition) is 3. The average molecular weight is 232 g/mol. The van der Waals surface area contributed by atoms with Gasteiger partial charge in [0.2, 0.25) is 0 Å². The minimum Gasteiger partial charge on any atom is -0.488 e. The fraction of sp³-hybridized carbons (Fsp3) is 0.500. The van der Waals surface area contributed by atoms with Crippen molar-refractivity contribution in [3.8, 4) is 12.3 Å². The third-order valence-electron chi connectivity index (χ3n) is 3.32. The maximum absolute atomic E-state index is 12.1. The molecule has 0 N–H and O–H groups in total. The summed E-state index contributed by atoms with van der Waals surface area (Å²) in [5, 5.41) is 0. The average Bonchev–Trinajstić information content (AvgIpc) is 2.66. The second-order valence-electron chi connectivity index (χ2n) is 4.35. The maximum atomic E-state index is 12.1. The first-order valence-corrected chi connectivity index (χ1v) is 5.78. The molecule has 1 unspecified atom stereocenters. The van der Waals surface area contributed by atoms with Crippen LogP contribution in [0.4, 0.5) is 0 Å². The smallest absolute Gasteiger partial charge is 0.188 e. The largest absolute Gasteiger partial charge is 0.488 e. The van der Waals surface area contributed by atoms with Crippen molar-refractivity contribution in [1.29, 1.82) is 0 Å². The summed E-state index contributed by atoms with van der Waals surface area (Å²) in [6.07, 6.45) is 10.2. The first-order chi connectivity index (χ1) is 8.26. The Morgan fingerprint density at radius 3 is 3.12 bits per heavy atom. The molecule has 3 nitrogen and oxygen atoms in total. The van der Waals surface area contributed by atoms with Gasteiger partial charge in [-0.25, -0.2) is 0 Å². The van der Waals surface area contributed by atoms with E-state index in [1.165, 1.54) is 11.8 Å². The number of carbonyl (C=O) groups is 1. The molecule has 0 aliphatic heterocycles. The number of allylic oxidation sites excluding steroid dienone is 2. The highest BCUT2D eigenvalue weighted by molar-refractivity contribution is 6.11. The molecule has 0 saturated carbocycles. The van der Waals surface area contributed by atoms with E-state index in [4.69, 9.17) is 15.9 Å². The van der Waals surface area contributed by atoms with E-state index in [1.807, 2.05) is 0 Å². The number of ketones is 1. The van der Waals surface area contributed by atoms with Crippen LogP contribution in [0.1, 0.15) is 25.7 Å². The lowest BCUT2D eigenvalue weighted by Crippen LogP contribution is -2.18. The van der Waals surface area contributed by atoms with Crippen LogP contribution in [0.15, 0.2) is 23.0 Å². The van der Waals surface area contributed by atoms with Crippen molar-refractivity contribution in [2.75, 3.05) is 13.7 Å². The van der Waals surface area contributed by atoms with Crippen molar-refractivity contribution in [3.05, 3.63) is 23.0 Å². The molecule has 17 heavy (non-hydrogen) atoms. The summed E-state index contributed by atoms with van der Waals surface area (Å²) in [5.41, 5.74) is 2.90. The summed E-state index contributed by atoms with van der Waals surface area (Å²) in [7, 11) is 1.70. The molecule has 2 aliphatic carbocycles. The molecular weight excluding hydrogens is 216 g/mol. The van der Waals surface area contributed by atoms with Gasteiger partial charge < -0.3 is 9.47 Å². The Hall–Kier alpha value is -1.53. The SMILES string of the molecule is C#CCO/C=C1\CC2=C(CC(OC)CC2)C1=O. The molecule has 2 aliphatic rings. The van der Waals surface area contributed by atoms with Crippen LogP contribution in [-0.4, -0.2) is 25.6 Å². The summed E-state index contributed by atoms with van der Waals surface area (Å²) in [5.74, 6) is 2.48. The topological polar surface area (TPSA) is 35.5 Å². The first kappa shape index (κ1) is 11.9. The van der Waals surface area contributed by atoms with Crippen LogP contribution in [0.2, 0.25) is 0 Å². The van der Waals surface area contributed by atoms with Gasteiger partial charge in [-0.15, -0.1) is 6.42 Å². The third kappa shape index (κ3) is 2.42. The zero-order valence-corrected chi connectivity index (χ0v) is 9.99. The van der Waals surface area contributed by atoms with E-state index in [9.17, 15) is 4.79 Å². The van der Waals surface area contributed by atoms with Crippen molar-refractivity contribution in [3.63, 3.8) is 0 Å². The summed E-state index contributed by atoms with van der Waals surface area (Å²) in [6, 6.07) is 0. The second-order valence-corrected chi connectivity index (χ2v) is 4.35. The van der Waals surface area contributed by atoms with Gasteiger partial charge in [-0.1, -0.05) is 11.5 Å². The lowest BCUT2D eigenvalue weighted by atomic mass is 9.91. The Balaban J connectivity index is 2.06. The first-order valence-electron chi connectivity index (χ1n) is 5.78. The zero-order chi connectivity index (χ0) is 12.3. The van der Waals surface area contributed by atoms with Gasteiger partial charge in [0.05, 0.1) is 12.4 Å². The molecule has 0 bridgehead atoms. The summed E-state index contributed by atoms with van der Waals surface area (Å²) >= 11 is 0. The van der Waals surface area contributed by atoms with Crippen molar-refractivity contribution < 1.29 is 14.3 Å². The molecule has 2 rings (SSSR count). The molecule has 0 spiro atoms. The van der Waals surface area contributed by atoms with Gasteiger partial charge in [0.25, 0.3) is 0 Å². The van der Waals surface area contributed by atoms with E-state index in [-0.39, 0.29) is 18.5 Å². The van der Waals surface area contributed by atoms with Gasteiger partial charge in [-0.05, 0) is 12.8 Å². The van der Waals surface area contributed by atoms with Crippen LogP contribution in [-0.2, 0) is 14.3 Å². The highest BCUT2D eigenvalue weighted by Gasteiger charge is 2.33. The van der Waals surface area contributed by atoms with Crippen LogP contribution in [0.5, 0.6) is 0 Å². The molecule has 0 amide bonds. The van der Waals surface area contributed by atoms with E-state index >= 15 is 0 Å². The highest BCUT2D eigenvalue weighted by Crippen LogP contribution is 2.38. The minimum absolute atomic E-state index is 0.110. The van der Waals surface area contributed by atoms with E-state index < -0.39 is 0 Å². The lowest BCUT2D eigenvalue weighted by molar-refractivity contribution is -0.112. The molecule has 0 radical (unpaired) electrons. The lowest BCUT2D eigenvalue weighted by Gasteiger charge is -2.21. The molecule has 0 aromatic heterocycles. The Bertz CT molecular complexity index is 423. The van der Waals surface area contributed by atoms with Crippen LogP contribution < -0.4 is 0 Å². The molecule has 1 atom stereocenters. The number of carbonyl (C=O) groups excluding carboxylic acids is 1. The third-order valence-corrected chi connectivity index (χ3v) is 3.32. The maximum Gasteiger partial charge on any atom is 0.188 e. The number of hydrogen-bond donors (Lipinski definition) is 0. The van der Waals surface area contributed by atoms with Crippen LogP contribution >= 0.6 is 0 Å². The summed E-state index contributed by atoms with van der Waals surface area (Å²) in [6.45, 7) is 0.210. The summed E-state index contributed by atoms with van der Waals surface area (Å²) < 4.78 is 10.4. The monoisotopic (exact) mass is 232 g/mol. The standard InChI is InChI=1S/C14H16O3/c1-3-6-17-9-11-7-10-4-5-12(16-2)8-13(10)14(11)15/h1,9,12H,4-8H2,2H3/b11-9+. The van der Waals surface area contributed by atoms with E-state index in [2.05, 4.69) is 5.92 Å². The molecule has 3 heteroatoms. The van der Waals surface area contributed by atoms with E-state index in [0.717, 1.165) is 36.8 Å². The Morgan fingerprint density at radius 1 is 1.59 bits per heavy atom. The molecule has 0 saturated heterocycles. The van der Waals surface area contributed by atoms with Gasteiger partial charge in [-0.3, -0.25) is 4.79 Å². The minimum atomic E-state index is 0.110. The van der Waals surface area contributed by atoms with E-state index in [0.29, 0.717) is 0 Å². The number of methoxy groups -OCH3 is 1. The number of ether oxygens (including phenoxy) is 2. The van der Waals surface area contributed by atoms with Gasteiger partial charge in [0.15, 0.2) is 5.78 Å². The van der Waals surface area contributed by atoms with Crippen LogP contribution in [0.25, 0.3) is 0 Å². The molecular formula is C14H16O3. The summed E-state index contributed by atoms with van der Waals surface area (Å²) in [4.78, 5) is 12.1. The molecule has 90 valence electrons. The van der Waals surface area contributed by atoms with Crippen molar-refractivity contribution >= 4 is 5.78 Å². The van der Waals surface area contributed by atoms with Crippen molar-refractivity contribution in [2.45, 2.75) is 31.8 Å². The Morgan fingerprint density at radius 2 is 2.41 bits per heavy atom.